The smallest absolute Gasteiger partial charge is 0.313 e. The third-order valence-electron chi connectivity index (χ3n) is 7.49. The first-order valence-corrected chi connectivity index (χ1v) is 13.7. The fourth-order valence-electron chi connectivity index (χ4n) is 5.44. The molecule has 0 spiro atoms. The molecule has 0 aromatic heterocycles. The van der Waals surface area contributed by atoms with E-state index in [1.165, 1.54) is 13.2 Å². The zero-order valence-electron chi connectivity index (χ0n) is 26.4. The SMILES string of the molecule is COc1cc2c(cc1N)N(C(=O)CN(C)C)CC2(C)C.COc1cc2c(cc1[N+](=O)[O-])N(C(=O)CN(C)C)CC2(C)C. The molecule has 0 bridgehead atoms. The van der Waals surface area contributed by atoms with Crippen molar-refractivity contribution in [2.75, 3.05) is 84.1 Å². The number of hydrogen-bond donors (Lipinski definition) is 1. The van der Waals surface area contributed by atoms with E-state index in [0.29, 0.717) is 36.8 Å². The van der Waals surface area contributed by atoms with Gasteiger partial charge in [-0.25, -0.2) is 0 Å². The number of likely N-dealkylation sites (N-methyl/N-ethyl adjacent to an activating group) is 2. The number of carbonyl (C=O) groups excluding carboxylic acids is 2. The molecule has 12 nitrogen and oxygen atoms in total. The van der Waals surface area contributed by atoms with Crippen LogP contribution in [-0.2, 0) is 20.4 Å². The van der Waals surface area contributed by atoms with E-state index >= 15 is 0 Å². The first kappa shape index (κ1) is 32.6. The van der Waals surface area contributed by atoms with Crippen LogP contribution in [0.2, 0.25) is 0 Å². The van der Waals surface area contributed by atoms with Gasteiger partial charge in [0.05, 0.1) is 43.6 Å². The lowest BCUT2D eigenvalue weighted by molar-refractivity contribution is -0.385. The quantitative estimate of drug-likeness (QED) is 0.296. The Hall–Kier alpha value is -3.90. The van der Waals surface area contributed by atoms with Crippen molar-refractivity contribution in [3.05, 3.63) is 45.5 Å². The Bertz CT molecular complexity index is 1370. The number of carbonyl (C=O) groups is 2. The maximum Gasteiger partial charge on any atom is 0.313 e. The maximum absolute atomic E-state index is 12.4. The van der Waals surface area contributed by atoms with Crippen molar-refractivity contribution in [2.45, 2.75) is 38.5 Å². The minimum atomic E-state index is -0.487. The molecule has 2 aliphatic rings. The van der Waals surface area contributed by atoms with Gasteiger partial charge in [-0.3, -0.25) is 19.7 Å². The molecule has 2 aliphatic heterocycles. The van der Waals surface area contributed by atoms with Gasteiger partial charge in [0.25, 0.3) is 0 Å². The first-order valence-electron chi connectivity index (χ1n) is 13.7. The summed E-state index contributed by atoms with van der Waals surface area (Å²) in [4.78, 5) is 42.6. The number of rotatable bonds is 7. The van der Waals surface area contributed by atoms with Gasteiger partial charge in [-0.05, 0) is 57.5 Å². The summed E-state index contributed by atoms with van der Waals surface area (Å²) in [6, 6.07) is 6.91. The van der Waals surface area contributed by atoms with Gasteiger partial charge in [-0.2, -0.15) is 0 Å². The summed E-state index contributed by atoms with van der Waals surface area (Å²) in [6.07, 6.45) is 0. The fourth-order valence-corrected chi connectivity index (χ4v) is 5.44. The zero-order chi connectivity index (χ0) is 31.7. The van der Waals surface area contributed by atoms with Crippen LogP contribution in [-0.4, -0.2) is 95.1 Å². The van der Waals surface area contributed by atoms with Gasteiger partial charge >= 0.3 is 5.69 Å². The number of ether oxygens (including phenoxy) is 2. The third kappa shape index (κ3) is 6.60. The highest BCUT2D eigenvalue weighted by Crippen LogP contribution is 2.46. The van der Waals surface area contributed by atoms with Crippen molar-refractivity contribution < 1.29 is 24.0 Å². The van der Waals surface area contributed by atoms with Crippen LogP contribution in [0.1, 0.15) is 38.8 Å². The summed E-state index contributed by atoms with van der Waals surface area (Å²) in [5.41, 5.74) is 9.55. The van der Waals surface area contributed by atoms with E-state index in [-0.39, 0.29) is 40.6 Å². The zero-order valence-corrected chi connectivity index (χ0v) is 26.4. The minimum Gasteiger partial charge on any atom is -0.495 e. The van der Waals surface area contributed by atoms with Gasteiger partial charge < -0.3 is 34.8 Å². The molecule has 0 fully saturated rings. The van der Waals surface area contributed by atoms with Crippen LogP contribution in [0.4, 0.5) is 22.7 Å². The summed E-state index contributed by atoms with van der Waals surface area (Å²) in [7, 11) is 10.4. The predicted octanol–water partition coefficient (Wildman–Crippen LogP) is 3.25. The van der Waals surface area contributed by atoms with Crippen LogP contribution in [0.3, 0.4) is 0 Å². The first-order chi connectivity index (χ1) is 19.4. The van der Waals surface area contributed by atoms with Gasteiger partial charge in [0.2, 0.25) is 11.8 Å². The van der Waals surface area contributed by atoms with Crippen LogP contribution in [0.25, 0.3) is 0 Å². The Kier molecular flexibility index (Phi) is 9.43. The van der Waals surface area contributed by atoms with Crippen molar-refractivity contribution in [2.24, 2.45) is 0 Å². The molecular weight excluding hydrogens is 540 g/mol. The number of nitro benzene ring substituents is 1. The van der Waals surface area contributed by atoms with Gasteiger partial charge in [-0.1, -0.05) is 27.7 Å². The highest BCUT2D eigenvalue weighted by atomic mass is 16.6. The van der Waals surface area contributed by atoms with Crippen LogP contribution < -0.4 is 25.0 Å². The van der Waals surface area contributed by atoms with Crippen molar-refractivity contribution in [1.29, 1.82) is 0 Å². The van der Waals surface area contributed by atoms with Gasteiger partial charge in [0, 0.05) is 35.7 Å². The van der Waals surface area contributed by atoms with Gasteiger partial charge in [-0.15, -0.1) is 0 Å². The Balaban J connectivity index is 0.000000231. The van der Waals surface area contributed by atoms with Crippen LogP contribution in [0.5, 0.6) is 11.5 Å². The molecule has 42 heavy (non-hydrogen) atoms. The minimum absolute atomic E-state index is 0.0729. The monoisotopic (exact) mass is 584 g/mol. The molecule has 0 aliphatic carbocycles. The van der Waals surface area contributed by atoms with E-state index in [4.69, 9.17) is 15.2 Å². The molecule has 2 aromatic carbocycles. The molecule has 2 amide bonds. The van der Waals surface area contributed by atoms with Gasteiger partial charge in [0.1, 0.15) is 5.75 Å². The van der Waals surface area contributed by atoms with E-state index in [1.807, 2.05) is 64.0 Å². The van der Waals surface area contributed by atoms with E-state index < -0.39 is 4.92 Å². The number of fused-ring (bicyclic) bond motifs is 2. The second-order valence-corrected chi connectivity index (χ2v) is 12.6. The second kappa shape index (κ2) is 12.1. The van der Waals surface area contributed by atoms with Crippen molar-refractivity contribution in [1.82, 2.24) is 9.80 Å². The molecule has 0 saturated carbocycles. The molecule has 0 saturated heterocycles. The normalized spacial score (nSPS) is 16.1. The Labute approximate surface area is 248 Å². The second-order valence-electron chi connectivity index (χ2n) is 12.6. The van der Waals surface area contributed by atoms with E-state index in [0.717, 1.165) is 16.8 Å². The molecule has 4 rings (SSSR count). The number of nitrogen functional groups attached to an aromatic ring is 1. The van der Waals surface area contributed by atoms with Crippen LogP contribution in [0.15, 0.2) is 24.3 Å². The average molecular weight is 585 g/mol. The standard InChI is InChI=1S/C15H21N3O4.C15H23N3O2/c1-15(2)9-17(14(19)8-16(3)4)11-7-12(18(20)21)13(22-5)6-10(11)15;1-15(2)9-18(14(19)8-17(3)4)12-7-11(16)13(20-5)6-10(12)15/h6-7H,8-9H2,1-5H3;6-7H,8-9,16H2,1-5H3. The Morgan fingerprint density at radius 1 is 0.833 bits per heavy atom. The molecule has 0 radical (unpaired) electrons. The number of benzene rings is 2. The number of amides is 2. The van der Waals surface area contributed by atoms with Crippen molar-refractivity contribution in [3.8, 4) is 11.5 Å². The number of nitrogens with zero attached hydrogens (tertiary/aromatic N) is 5. The Morgan fingerprint density at radius 3 is 1.62 bits per heavy atom. The maximum atomic E-state index is 12.4. The van der Waals surface area contributed by atoms with Crippen LogP contribution >= 0.6 is 0 Å². The number of nitro groups is 1. The molecule has 12 heteroatoms. The summed E-state index contributed by atoms with van der Waals surface area (Å²) in [5, 5.41) is 11.2. The summed E-state index contributed by atoms with van der Waals surface area (Å²) >= 11 is 0. The number of hydrogen-bond acceptors (Lipinski definition) is 9. The molecule has 2 aromatic rings. The molecule has 2 N–H and O–H groups in total. The average Bonchev–Trinajstić information content (AvgIpc) is 3.30. The summed E-state index contributed by atoms with van der Waals surface area (Å²) in [5.74, 6) is 0.903. The highest BCUT2D eigenvalue weighted by molar-refractivity contribution is 5.99. The number of nitrogens with two attached hydrogens (primary N) is 1. The predicted molar refractivity (Wildman–Crippen MR) is 165 cm³/mol. The van der Waals surface area contributed by atoms with E-state index in [9.17, 15) is 19.7 Å². The summed E-state index contributed by atoms with van der Waals surface area (Å²) in [6.45, 7) is 10.1. The van der Waals surface area contributed by atoms with E-state index in [1.54, 1.807) is 23.0 Å². The van der Waals surface area contributed by atoms with Crippen LogP contribution in [0, 0.1) is 10.1 Å². The highest BCUT2D eigenvalue weighted by Gasteiger charge is 2.41. The molecule has 0 unspecified atom stereocenters. The van der Waals surface area contributed by atoms with E-state index in [2.05, 4.69) is 13.8 Å². The lowest BCUT2D eigenvalue weighted by Crippen LogP contribution is -2.39. The molecule has 230 valence electrons. The van der Waals surface area contributed by atoms with Gasteiger partial charge in [0.15, 0.2) is 5.75 Å². The fraction of sp³-hybridized carbons (Fsp3) is 0.533. The molecular formula is C30H44N6O6. The lowest BCUT2D eigenvalue weighted by Gasteiger charge is -2.22. The summed E-state index contributed by atoms with van der Waals surface area (Å²) < 4.78 is 10.4. The number of anilines is 3. The third-order valence-corrected chi connectivity index (χ3v) is 7.49. The van der Waals surface area contributed by atoms with Crippen molar-refractivity contribution >= 4 is 34.6 Å². The number of methoxy groups -OCH3 is 2. The topological polar surface area (TPSA) is 135 Å². The lowest BCUT2D eigenvalue weighted by atomic mass is 9.86. The largest absolute Gasteiger partial charge is 0.495 e. The molecule has 0 atom stereocenters. The van der Waals surface area contributed by atoms with Crippen molar-refractivity contribution in [3.63, 3.8) is 0 Å². The Morgan fingerprint density at radius 2 is 1.24 bits per heavy atom. The molecule has 2 heterocycles.